The van der Waals surface area contributed by atoms with Crippen molar-refractivity contribution in [3.05, 3.63) is 29.1 Å². The Morgan fingerprint density at radius 2 is 1.90 bits per heavy atom. The summed E-state index contributed by atoms with van der Waals surface area (Å²) in [4.78, 5) is 23.7. The van der Waals surface area contributed by atoms with Crippen molar-refractivity contribution in [2.24, 2.45) is 0 Å². The molecule has 1 atom stereocenters. The highest BCUT2D eigenvalue weighted by Crippen LogP contribution is 2.18. The van der Waals surface area contributed by atoms with Gasteiger partial charge in [-0.05, 0) is 46.8 Å². The summed E-state index contributed by atoms with van der Waals surface area (Å²) >= 11 is 0. The SMILES string of the molecule is Cc1c(N)cc(C(=O)OC(C)C(=O)NC(C)(C)C)cc1F. The van der Waals surface area contributed by atoms with Crippen LogP contribution < -0.4 is 11.1 Å². The summed E-state index contributed by atoms with van der Waals surface area (Å²) < 4.78 is 18.6. The standard InChI is InChI=1S/C15H21FN2O3/c1-8-11(16)6-10(7-12(8)17)14(20)21-9(2)13(19)18-15(3,4)5/h6-7,9H,17H2,1-5H3,(H,18,19). The van der Waals surface area contributed by atoms with Gasteiger partial charge < -0.3 is 15.8 Å². The van der Waals surface area contributed by atoms with Crippen LogP contribution in [0.4, 0.5) is 10.1 Å². The third kappa shape index (κ3) is 4.73. The van der Waals surface area contributed by atoms with Crippen LogP contribution in [0.2, 0.25) is 0 Å². The largest absolute Gasteiger partial charge is 0.449 e. The molecular weight excluding hydrogens is 275 g/mol. The van der Waals surface area contributed by atoms with Gasteiger partial charge >= 0.3 is 5.97 Å². The van der Waals surface area contributed by atoms with Gasteiger partial charge in [0, 0.05) is 16.8 Å². The highest BCUT2D eigenvalue weighted by atomic mass is 19.1. The molecule has 0 saturated carbocycles. The predicted octanol–water partition coefficient (Wildman–Crippen LogP) is 2.18. The first-order valence-corrected chi connectivity index (χ1v) is 6.60. The van der Waals surface area contributed by atoms with E-state index >= 15 is 0 Å². The summed E-state index contributed by atoms with van der Waals surface area (Å²) in [7, 11) is 0. The van der Waals surface area contributed by atoms with Crippen molar-refractivity contribution in [3.63, 3.8) is 0 Å². The van der Waals surface area contributed by atoms with Crippen LogP contribution in [-0.2, 0) is 9.53 Å². The molecular formula is C15H21FN2O3. The average molecular weight is 296 g/mol. The number of amides is 1. The lowest BCUT2D eigenvalue weighted by atomic mass is 10.1. The molecule has 0 saturated heterocycles. The lowest BCUT2D eigenvalue weighted by Gasteiger charge is -2.23. The van der Waals surface area contributed by atoms with Gasteiger partial charge in [0.1, 0.15) is 5.82 Å². The highest BCUT2D eigenvalue weighted by molar-refractivity contribution is 5.93. The number of nitrogens with one attached hydrogen (secondary N) is 1. The fraction of sp³-hybridized carbons (Fsp3) is 0.467. The van der Waals surface area contributed by atoms with E-state index in [-0.39, 0.29) is 16.8 Å². The number of carbonyl (C=O) groups excluding carboxylic acids is 2. The Morgan fingerprint density at radius 1 is 1.33 bits per heavy atom. The Balaban J connectivity index is 2.80. The number of rotatable bonds is 3. The number of esters is 1. The van der Waals surface area contributed by atoms with Gasteiger partial charge in [-0.25, -0.2) is 9.18 Å². The van der Waals surface area contributed by atoms with E-state index in [1.165, 1.54) is 19.9 Å². The van der Waals surface area contributed by atoms with Crippen molar-refractivity contribution in [3.8, 4) is 0 Å². The van der Waals surface area contributed by atoms with Crippen LogP contribution in [0.3, 0.4) is 0 Å². The van der Waals surface area contributed by atoms with Crippen molar-refractivity contribution in [2.45, 2.75) is 46.3 Å². The topological polar surface area (TPSA) is 81.4 Å². The number of nitrogens with two attached hydrogens (primary N) is 1. The van der Waals surface area contributed by atoms with E-state index in [4.69, 9.17) is 10.5 Å². The Labute approximate surface area is 123 Å². The molecule has 1 unspecified atom stereocenters. The zero-order valence-electron chi connectivity index (χ0n) is 12.9. The second-order valence-electron chi connectivity index (χ2n) is 5.96. The van der Waals surface area contributed by atoms with Crippen molar-refractivity contribution in [1.82, 2.24) is 5.32 Å². The summed E-state index contributed by atoms with van der Waals surface area (Å²) in [6, 6.07) is 2.37. The normalized spacial score (nSPS) is 12.7. The quantitative estimate of drug-likeness (QED) is 0.661. The number of anilines is 1. The molecule has 1 amide bonds. The van der Waals surface area contributed by atoms with Gasteiger partial charge in [-0.3, -0.25) is 4.79 Å². The lowest BCUT2D eigenvalue weighted by molar-refractivity contribution is -0.130. The summed E-state index contributed by atoms with van der Waals surface area (Å²) in [6.07, 6.45) is -0.984. The summed E-state index contributed by atoms with van der Waals surface area (Å²) in [6.45, 7) is 8.41. The van der Waals surface area contributed by atoms with Crippen molar-refractivity contribution in [1.29, 1.82) is 0 Å². The van der Waals surface area contributed by atoms with Gasteiger partial charge in [0.2, 0.25) is 0 Å². The molecule has 1 aromatic rings. The van der Waals surface area contributed by atoms with Gasteiger partial charge in [0.05, 0.1) is 5.56 Å². The molecule has 5 nitrogen and oxygen atoms in total. The molecule has 0 spiro atoms. The fourth-order valence-electron chi connectivity index (χ4n) is 1.57. The van der Waals surface area contributed by atoms with Gasteiger partial charge in [-0.1, -0.05) is 0 Å². The first kappa shape index (κ1) is 16.9. The smallest absolute Gasteiger partial charge is 0.339 e. The zero-order chi connectivity index (χ0) is 16.4. The number of benzene rings is 1. The van der Waals surface area contributed by atoms with E-state index in [0.717, 1.165) is 6.07 Å². The third-order valence-corrected chi connectivity index (χ3v) is 2.77. The molecule has 6 heteroatoms. The molecule has 0 aromatic heterocycles. The molecule has 0 radical (unpaired) electrons. The van der Waals surface area contributed by atoms with Gasteiger partial charge in [-0.2, -0.15) is 0 Å². The minimum atomic E-state index is -0.984. The molecule has 0 aliphatic heterocycles. The van der Waals surface area contributed by atoms with Crippen molar-refractivity contribution < 1.29 is 18.7 Å². The van der Waals surface area contributed by atoms with E-state index in [1.54, 1.807) is 0 Å². The average Bonchev–Trinajstić information content (AvgIpc) is 2.32. The molecule has 0 fully saturated rings. The molecule has 0 aliphatic rings. The number of hydrogen-bond donors (Lipinski definition) is 2. The minimum absolute atomic E-state index is 0.0222. The Hall–Kier alpha value is -2.11. The summed E-state index contributed by atoms with van der Waals surface area (Å²) in [5.41, 5.74) is 5.58. The van der Waals surface area contributed by atoms with Crippen LogP contribution in [0.5, 0.6) is 0 Å². The maximum absolute atomic E-state index is 13.6. The predicted molar refractivity (Wildman–Crippen MR) is 78.3 cm³/mol. The van der Waals surface area contributed by atoms with Gasteiger partial charge in [-0.15, -0.1) is 0 Å². The maximum atomic E-state index is 13.6. The number of ether oxygens (including phenoxy) is 1. The molecule has 116 valence electrons. The van der Waals surface area contributed by atoms with Crippen molar-refractivity contribution >= 4 is 17.6 Å². The van der Waals surface area contributed by atoms with Gasteiger partial charge in [0.25, 0.3) is 5.91 Å². The van der Waals surface area contributed by atoms with Crippen LogP contribution >= 0.6 is 0 Å². The molecule has 0 bridgehead atoms. The van der Waals surface area contributed by atoms with Gasteiger partial charge in [0.15, 0.2) is 6.10 Å². The monoisotopic (exact) mass is 296 g/mol. The molecule has 0 heterocycles. The Bertz CT molecular complexity index is 542. The van der Waals surface area contributed by atoms with Crippen LogP contribution in [0.25, 0.3) is 0 Å². The fourth-order valence-corrected chi connectivity index (χ4v) is 1.57. The van der Waals surface area contributed by atoms with Crippen LogP contribution in [0, 0.1) is 12.7 Å². The van der Waals surface area contributed by atoms with E-state index in [1.807, 2.05) is 20.8 Å². The Morgan fingerprint density at radius 3 is 2.38 bits per heavy atom. The van der Waals surface area contributed by atoms with E-state index in [2.05, 4.69) is 5.32 Å². The molecule has 3 N–H and O–H groups in total. The van der Waals surface area contributed by atoms with E-state index in [0.29, 0.717) is 0 Å². The summed E-state index contributed by atoms with van der Waals surface area (Å²) in [5, 5.41) is 2.69. The number of carbonyl (C=O) groups is 2. The number of hydrogen-bond acceptors (Lipinski definition) is 4. The lowest BCUT2D eigenvalue weighted by Crippen LogP contribution is -2.46. The zero-order valence-corrected chi connectivity index (χ0v) is 12.9. The first-order chi connectivity index (χ1) is 9.51. The van der Waals surface area contributed by atoms with Crippen LogP contribution in [0.1, 0.15) is 43.6 Å². The second kappa shape index (κ2) is 6.11. The minimum Gasteiger partial charge on any atom is -0.449 e. The number of nitrogen functional groups attached to an aromatic ring is 1. The Kier molecular flexibility index (Phi) is 4.93. The van der Waals surface area contributed by atoms with Crippen LogP contribution in [0.15, 0.2) is 12.1 Å². The third-order valence-electron chi connectivity index (χ3n) is 2.77. The molecule has 1 aromatic carbocycles. The van der Waals surface area contributed by atoms with Crippen molar-refractivity contribution in [2.75, 3.05) is 5.73 Å². The first-order valence-electron chi connectivity index (χ1n) is 6.60. The maximum Gasteiger partial charge on any atom is 0.339 e. The molecule has 21 heavy (non-hydrogen) atoms. The number of halogens is 1. The highest BCUT2D eigenvalue weighted by Gasteiger charge is 2.23. The molecule has 0 aliphatic carbocycles. The molecule has 1 rings (SSSR count). The second-order valence-corrected chi connectivity index (χ2v) is 5.96. The van der Waals surface area contributed by atoms with Crippen LogP contribution in [-0.4, -0.2) is 23.5 Å². The van der Waals surface area contributed by atoms with E-state index in [9.17, 15) is 14.0 Å². The van der Waals surface area contributed by atoms with E-state index < -0.39 is 29.3 Å². The summed E-state index contributed by atoms with van der Waals surface area (Å²) in [5.74, 6) is -1.80.